The molecule has 1 aromatic heterocycles. The number of amides is 1. The summed E-state index contributed by atoms with van der Waals surface area (Å²) in [6.07, 6.45) is 1.48. The van der Waals surface area contributed by atoms with Crippen LogP contribution in [0.3, 0.4) is 0 Å². The minimum absolute atomic E-state index is 0.0246. The number of carbonyl (C=O) groups excluding carboxylic acids is 2. The SMILES string of the molecule is CCOC(=O)c1ccc(C(=O)N2CCC(Oc3ccccc3OCC)CC2)nc1C. The summed E-state index contributed by atoms with van der Waals surface area (Å²) in [7, 11) is 0. The van der Waals surface area contributed by atoms with Crippen molar-refractivity contribution < 1.29 is 23.8 Å². The maximum Gasteiger partial charge on any atom is 0.339 e. The highest BCUT2D eigenvalue weighted by molar-refractivity contribution is 5.95. The predicted octanol–water partition coefficient (Wildman–Crippen LogP) is 3.65. The summed E-state index contributed by atoms with van der Waals surface area (Å²) in [5.41, 5.74) is 1.21. The lowest BCUT2D eigenvalue weighted by Crippen LogP contribution is -2.42. The van der Waals surface area contributed by atoms with Gasteiger partial charge in [0.25, 0.3) is 5.91 Å². The van der Waals surface area contributed by atoms with Gasteiger partial charge in [-0.3, -0.25) is 4.79 Å². The van der Waals surface area contributed by atoms with Crippen molar-refractivity contribution in [1.82, 2.24) is 9.88 Å². The minimum atomic E-state index is -0.424. The molecular formula is C23H28N2O5. The Morgan fingerprint density at radius 1 is 1.03 bits per heavy atom. The topological polar surface area (TPSA) is 78.0 Å². The van der Waals surface area contributed by atoms with E-state index in [1.54, 1.807) is 30.9 Å². The van der Waals surface area contributed by atoms with Gasteiger partial charge in [0.2, 0.25) is 0 Å². The minimum Gasteiger partial charge on any atom is -0.490 e. The summed E-state index contributed by atoms with van der Waals surface area (Å²) >= 11 is 0. The van der Waals surface area contributed by atoms with Gasteiger partial charge in [-0.1, -0.05) is 12.1 Å². The fourth-order valence-corrected chi connectivity index (χ4v) is 3.45. The summed E-state index contributed by atoms with van der Waals surface area (Å²) in [6, 6.07) is 10.8. The molecule has 3 rings (SSSR count). The number of aryl methyl sites for hydroxylation is 1. The van der Waals surface area contributed by atoms with E-state index in [1.165, 1.54) is 0 Å². The Kier molecular flexibility index (Phi) is 7.27. The third-order valence-electron chi connectivity index (χ3n) is 4.97. The first-order chi connectivity index (χ1) is 14.5. The third-order valence-corrected chi connectivity index (χ3v) is 4.97. The molecule has 0 atom stereocenters. The molecule has 1 aromatic carbocycles. The Hall–Kier alpha value is -3.09. The molecule has 1 aliphatic rings. The highest BCUT2D eigenvalue weighted by Gasteiger charge is 2.26. The number of nitrogens with zero attached hydrogens (tertiary/aromatic N) is 2. The van der Waals surface area contributed by atoms with Crippen molar-refractivity contribution in [2.24, 2.45) is 0 Å². The molecule has 1 fully saturated rings. The maximum absolute atomic E-state index is 12.8. The van der Waals surface area contributed by atoms with Crippen LogP contribution in [0.5, 0.6) is 11.5 Å². The van der Waals surface area contributed by atoms with Crippen LogP contribution in [0.25, 0.3) is 0 Å². The number of piperidine rings is 1. The first-order valence-corrected chi connectivity index (χ1v) is 10.4. The van der Waals surface area contributed by atoms with Gasteiger partial charge in [0.1, 0.15) is 11.8 Å². The van der Waals surface area contributed by atoms with Crippen LogP contribution in [0.4, 0.5) is 0 Å². The van der Waals surface area contributed by atoms with Gasteiger partial charge in [0, 0.05) is 25.9 Å². The molecule has 0 unspecified atom stereocenters. The quantitative estimate of drug-likeness (QED) is 0.646. The monoisotopic (exact) mass is 412 g/mol. The molecule has 0 radical (unpaired) electrons. The first-order valence-electron chi connectivity index (χ1n) is 10.4. The lowest BCUT2D eigenvalue weighted by atomic mass is 10.1. The Morgan fingerprint density at radius 2 is 1.73 bits per heavy atom. The number of pyridine rings is 1. The molecule has 7 nitrogen and oxygen atoms in total. The molecule has 1 saturated heterocycles. The molecule has 2 heterocycles. The van der Waals surface area contributed by atoms with Gasteiger partial charge >= 0.3 is 5.97 Å². The van der Waals surface area contributed by atoms with Crippen LogP contribution in [0.1, 0.15) is 53.2 Å². The highest BCUT2D eigenvalue weighted by Crippen LogP contribution is 2.29. The lowest BCUT2D eigenvalue weighted by Gasteiger charge is -2.32. The molecule has 0 N–H and O–H groups in total. The summed E-state index contributed by atoms with van der Waals surface area (Å²) in [5.74, 6) is 0.907. The van der Waals surface area contributed by atoms with Gasteiger partial charge < -0.3 is 19.1 Å². The second-order valence-corrected chi connectivity index (χ2v) is 7.04. The van der Waals surface area contributed by atoms with Gasteiger partial charge in [-0.25, -0.2) is 9.78 Å². The highest BCUT2D eigenvalue weighted by atomic mass is 16.5. The van der Waals surface area contributed by atoms with Gasteiger partial charge in [0.05, 0.1) is 24.5 Å². The number of ether oxygens (including phenoxy) is 3. The second-order valence-electron chi connectivity index (χ2n) is 7.04. The predicted molar refractivity (Wildman–Crippen MR) is 112 cm³/mol. The van der Waals surface area contributed by atoms with Crippen LogP contribution in [0.2, 0.25) is 0 Å². The van der Waals surface area contributed by atoms with Crippen molar-refractivity contribution >= 4 is 11.9 Å². The normalized spacial score (nSPS) is 14.3. The van der Waals surface area contributed by atoms with Gasteiger partial charge in [-0.2, -0.15) is 0 Å². The van der Waals surface area contributed by atoms with Crippen LogP contribution in [-0.4, -0.2) is 54.2 Å². The van der Waals surface area contributed by atoms with E-state index in [9.17, 15) is 9.59 Å². The van der Waals surface area contributed by atoms with Crippen LogP contribution in [0, 0.1) is 6.92 Å². The van der Waals surface area contributed by atoms with E-state index in [2.05, 4.69) is 4.98 Å². The number of rotatable bonds is 7. The van der Waals surface area contributed by atoms with E-state index >= 15 is 0 Å². The van der Waals surface area contributed by atoms with Crippen LogP contribution >= 0.6 is 0 Å². The molecule has 0 aliphatic carbocycles. The molecule has 0 bridgehead atoms. The van der Waals surface area contributed by atoms with Crippen molar-refractivity contribution in [2.45, 2.75) is 39.7 Å². The largest absolute Gasteiger partial charge is 0.490 e. The lowest BCUT2D eigenvalue weighted by molar-refractivity contribution is 0.0521. The molecule has 160 valence electrons. The summed E-state index contributed by atoms with van der Waals surface area (Å²) < 4.78 is 16.8. The Morgan fingerprint density at radius 3 is 2.37 bits per heavy atom. The fourth-order valence-electron chi connectivity index (χ4n) is 3.45. The smallest absolute Gasteiger partial charge is 0.339 e. The average molecular weight is 412 g/mol. The zero-order valence-electron chi connectivity index (χ0n) is 17.7. The fraction of sp³-hybridized carbons (Fsp3) is 0.435. The number of para-hydroxylation sites is 2. The van der Waals surface area contributed by atoms with Gasteiger partial charge in [0.15, 0.2) is 11.5 Å². The second kappa shape index (κ2) is 10.1. The van der Waals surface area contributed by atoms with Gasteiger partial charge in [-0.15, -0.1) is 0 Å². The van der Waals surface area contributed by atoms with Crippen molar-refractivity contribution in [2.75, 3.05) is 26.3 Å². The molecule has 30 heavy (non-hydrogen) atoms. The molecule has 2 aromatic rings. The number of likely N-dealkylation sites (tertiary alicyclic amines) is 1. The molecule has 1 amide bonds. The molecule has 0 spiro atoms. The molecule has 0 saturated carbocycles. The van der Waals surface area contributed by atoms with E-state index in [1.807, 2.05) is 31.2 Å². The number of esters is 1. The van der Waals surface area contributed by atoms with Crippen molar-refractivity contribution in [1.29, 1.82) is 0 Å². The van der Waals surface area contributed by atoms with Crippen LogP contribution in [0.15, 0.2) is 36.4 Å². The zero-order chi connectivity index (χ0) is 21.5. The van der Waals surface area contributed by atoms with Crippen LogP contribution < -0.4 is 9.47 Å². The number of aromatic nitrogens is 1. The van der Waals surface area contributed by atoms with Crippen molar-refractivity contribution in [3.05, 3.63) is 53.3 Å². The average Bonchev–Trinajstić information content (AvgIpc) is 2.75. The maximum atomic E-state index is 12.8. The zero-order valence-corrected chi connectivity index (χ0v) is 17.7. The summed E-state index contributed by atoms with van der Waals surface area (Å²) in [6.45, 7) is 7.44. The third kappa shape index (κ3) is 5.09. The molecule has 1 aliphatic heterocycles. The summed E-state index contributed by atoms with van der Waals surface area (Å²) in [5, 5.41) is 0. The number of hydrogen-bond acceptors (Lipinski definition) is 6. The van der Waals surface area contributed by atoms with E-state index in [0.717, 1.165) is 24.3 Å². The number of benzene rings is 1. The van der Waals surface area contributed by atoms with Gasteiger partial charge in [-0.05, 0) is 45.0 Å². The summed E-state index contributed by atoms with van der Waals surface area (Å²) in [4.78, 5) is 30.9. The number of hydrogen-bond donors (Lipinski definition) is 0. The first kappa shape index (κ1) is 21.6. The Balaban J connectivity index is 1.59. The molecular weight excluding hydrogens is 384 g/mol. The van der Waals surface area contributed by atoms with E-state index in [-0.39, 0.29) is 12.0 Å². The number of carbonyl (C=O) groups is 2. The standard InChI is InChI=1S/C23H28N2O5/c1-4-28-20-8-6-7-9-21(20)30-17-12-14-25(15-13-17)22(26)19-11-10-18(16(3)24-19)23(27)29-5-2/h6-11,17H,4-5,12-15H2,1-3H3. The van der Waals surface area contributed by atoms with E-state index in [0.29, 0.717) is 43.3 Å². The van der Waals surface area contributed by atoms with E-state index < -0.39 is 5.97 Å². The Labute approximate surface area is 177 Å². The van der Waals surface area contributed by atoms with Crippen LogP contribution in [-0.2, 0) is 4.74 Å². The van der Waals surface area contributed by atoms with E-state index in [4.69, 9.17) is 14.2 Å². The Bertz CT molecular complexity index is 891. The molecule has 7 heteroatoms. The van der Waals surface area contributed by atoms with Crippen molar-refractivity contribution in [3.63, 3.8) is 0 Å². The van der Waals surface area contributed by atoms with Crippen molar-refractivity contribution in [3.8, 4) is 11.5 Å².